The quantitative estimate of drug-likeness (QED) is 0.186. The van der Waals surface area contributed by atoms with E-state index in [9.17, 15) is 9.59 Å². The number of nitrogens with one attached hydrogen (secondary N) is 1. The van der Waals surface area contributed by atoms with Crippen LogP contribution in [-0.2, 0) is 0 Å². The Morgan fingerprint density at radius 1 is 0.941 bits per heavy atom. The zero-order chi connectivity index (χ0) is 23.5. The van der Waals surface area contributed by atoms with Gasteiger partial charge in [0.2, 0.25) is 6.79 Å². The van der Waals surface area contributed by atoms with Crippen molar-refractivity contribution in [2.45, 2.75) is 0 Å². The van der Waals surface area contributed by atoms with Gasteiger partial charge in [0.15, 0.2) is 11.5 Å². The summed E-state index contributed by atoms with van der Waals surface area (Å²) in [6.07, 6.45) is 1.45. The zero-order valence-electron chi connectivity index (χ0n) is 17.7. The number of nitrogens with zero attached hydrogens (tertiary/aromatic N) is 1. The molecule has 4 aromatic rings. The van der Waals surface area contributed by atoms with Crippen LogP contribution in [0, 0.1) is 0 Å². The molecule has 34 heavy (non-hydrogen) atoms. The molecule has 1 aliphatic heterocycles. The Bertz CT molecular complexity index is 1450. The third-order valence-corrected chi connectivity index (χ3v) is 5.55. The monoisotopic (exact) mass is 472 g/mol. The van der Waals surface area contributed by atoms with Crippen LogP contribution in [0.5, 0.6) is 17.2 Å². The molecule has 1 aliphatic rings. The number of hydrazone groups is 1. The summed E-state index contributed by atoms with van der Waals surface area (Å²) >= 11 is 6.14. The molecule has 0 spiro atoms. The second-order valence-corrected chi connectivity index (χ2v) is 7.74. The van der Waals surface area contributed by atoms with Gasteiger partial charge in [0.1, 0.15) is 5.75 Å². The molecule has 1 N–H and O–H groups in total. The summed E-state index contributed by atoms with van der Waals surface area (Å²) in [7, 11) is 0. The van der Waals surface area contributed by atoms with Gasteiger partial charge in [0.25, 0.3) is 5.91 Å². The minimum atomic E-state index is -0.597. The third kappa shape index (κ3) is 4.29. The summed E-state index contributed by atoms with van der Waals surface area (Å²) in [5, 5.41) is 6.12. The van der Waals surface area contributed by atoms with Crippen LogP contribution in [0.4, 0.5) is 0 Å². The van der Waals surface area contributed by atoms with Gasteiger partial charge in [-0.3, -0.25) is 4.79 Å². The predicted octanol–water partition coefficient (Wildman–Crippen LogP) is 5.21. The third-order valence-electron chi connectivity index (χ3n) is 5.22. The molecule has 8 heteroatoms. The van der Waals surface area contributed by atoms with Crippen LogP contribution in [0.15, 0.2) is 84.0 Å². The lowest BCUT2D eigenvalue weighted by atomic mass is 10.0. The van der Waals surface area contributed by atoms with E-state index in [4.69, 9.17) is 25.8 Å². The lowest BCUT2D eigenvalue weighted by Crippen LogP contribution is -2.17. The van der Waals surface area contributed by atoms with Gasteiger partial charge in [-0.1, -0.05) is 54.1 Å². The molecular weight excluding hydrogens is 456 g/mol. The summed E-state index contributed by atoms with van der Waals surface area (Å²) in [5.41, 5.74) is 3.64. The maximum absolute atomic E-state index is 12.7. The fourth-order valence-corrected chi connectivity index (χ4v) is 3.75. The minimum absolute atomic E-state index is 0.120. The number of ether oxygens (including phenoxy) is 3. The molecule has 0 aromatic heterocycles. The molecule has 1 amide bonds. The van der Waals surface area contributed by atoms with Crippen molar-refractivity contribution in [1.82, 2.24) is 5.43 Å². The maximum Gasteiger partial charge on any atom is 0.345 e. The molecule has 0 aliphatic carbocycles. The molecule has 7 nitrogen and oxygen atoms in total. The Morgan fingerprint density at radius 2 is 1.74 bits per heavy atom. The van der Waals surface area contributed by atoms with E-state index in [1.807, 2.05) is 30.3 Å². The van der Waals surface area contributed by atoms with Gasteiger partial charge in [0.05, 0.1) is 16.8 Å². The highest BCUT2D eigenvalue weighted by Crippen LogP contribution is 2.32. The first kappa shape index (κ1) is 21.5. The predicted molar refractivity (Wildman–Crippen MR) is 128 cm³/mol. The van der Waals surface area contributed by atoms with Crippen LogP contribution in [0.2, 0.25) is 5.02 Å². The topological polar surface area (TPSA) is 86.2 Å². The van der Waals surface area contributed by atoms with E-state index in [1.54, 1.807) is 48.5 Å². The van der Waals surface area contributed by atoms with Crippen LogP contribution in [0.3, 0.4) is 0 Å². The zero-order valence-corrected chi connectivity index (χ0v) is 18.4. The lowest BCUT2D eigenvalue weighted by Gasteiger charge is -2.11. The number of hydrogen-bond donors (Lipinski definition) is 1. The van der Waals surface area contributed by atoms with Crippen molar-refractivity contribution in [3.05, 3.63) is 101 Å². The molecule has 5 rings (SSSR count). The molecule has 0 saturated carbocycles. The molecule has 0 unspecified atom stereocenters. The molecule has 4 aromatic carbocycles. The lowest BCUT2D eigenvalue weighted by molar-refractivity contribution is 0.0734. The maximum atomic E-state index is 12.7. The highest BCUT2D eigenvalue weighted by atomic mass is 35.5. The van der Waals surface area contributed by atoms with E-state index in [0.29, 0.717) is 27.6 Å². The second-order valence-electron chi connectivity index (χ2n) is 7.34. The van der Waals surface area contributed by atoms with E-state index in [0.717, 1.165) is 10.8 Å². The van der Waals surface area contributed by atoms with Gasteiger partial charge in [0, 0.05) is 11.1 Å². The standard InChI is InChI=1S/C26H17ClN2O5/c27-21-8-4-3-7-19(21)26(31)34-22-11-9-16-5-1-2-6-18(16)20(22)14-28-29-25(30)17-10-12-23-24(13-17)33-15-32-23/h1-14H,15H2,(H,29,30)/b28-14+. The summed E-state index contributed by atoms with van der Waals surface area (Å²) in [5.74, 6) is 0.342. The average Bonchev–Trinajstić information content (AvgIpc) is 3.33. The Labute approximate surface area is 199 Å². The number of benzene rings is 4. The first-order valence-electron chi connectivity index (χ1n) is 10.3. The minimum Gasteiger partial charge on any atom is -0.454 e. The van der Waals surface area contributed by atoms with E-state index < -0.39 is 11.9 Å². The SMILES string of the molecule is O=C(N/N=C/c1c(OC(=O)c2ccccc2Cl)ccc2ccccc12)c1ccc2c(c1)OCO2. The van der Waals surface area contributed by atoms with Crippen molar-refractivity contribution in [2.24, 2.45) is 5.10 Å². The summed E-state index contributed by atoms with van der Waals surface area (Å²) in [6, 6.07) is 22.6. The number of carbonyl (C=O) groups is 2. The smallest absolute Gasteiger partial charge is 0.345 e. The molecule has 0 fully saturated rings. The number of amides is 1. The molecule has 168 valence electrons. The summed E-state index contributed by atoms with van der Waals surface area (Å²) in [4.78, 5) is 25.3. The van der Waals surface area contributed by atoms with Gasteiger partial charge in [-0.15, -0.1) is 0 Å². The van der Waals surface area contributed by atoms with Gasteiger partial charge in [-0.05, 0) is 47.2 Å². The molecule has 0 atom stereocenters. The highest BCUT2D eigenvalue weighted by Gasteiger charge is 2.17. The Morgan fingerprint density at radius 3 is 2.62 bits per heavy atom. The number of halogens is 1. The molecule has 0 radical (unpaired) electrons. The first-order valence-corrected chi connectivity index (χ1v) is 10.7. The number of fused-ring (bicyclic) bond motifs is 2. The molecular formula is C26H17ClN2O5. The average molecular weight is 473 g/mol. The van der Waals surface area contributed by atoms with Gasteiger partial charge < -0.3 is 14.2 Å². The van der Waals surface area contributed by atoms with E-state index >= 15 is 0 Å². The van der Waals surface area contributed by atoms with Crippen LogP contribution >= 0.6 is 11.6 Å². The fourth-order valence-electron chi connectivity index (χ4n) is 3.54. The van der Waals surface area contributed by atoms with E-state index in [1.165, 1.54) is 6.21 Å². The normalized spacial score (nSPS) is 12.1. The van der Waals surface area contributed by atoms with Crippen molar-refractivity contribution in [3.63, 3.8) is 0 Å². The second kappa shape index (κ2) is 9.25. The van der Waals surface area contributed by atoms with Crippen LogP contribution in [0.1, 0.15) is 26.3 Å². The van der Waals surface area contributed by atoms with Crippen LogP contribution < -0.4 is 19.6 Å². The van der Waals surface area contributed by atoms with Crippen LogP contribution in [-0.4, -0.2) is 24.9 Å². The summed E-state index contributed by atoms with van der Waals surface area (Å²) < 4.78 is 16.2. The Kier molecular flexibility index (Phi) is 5.84. The molecule has 0 saturated heterocycles. The van der Waals surface area contributed by atoms with E-state index in [2.05, 4.69) is 10.5 Å². The number of rotatable bonds is 5. The Balaban J connectivity index is 1.42. The van der Waals surface area contributed by atoms with Gasteiger partial charge in [-0.2, -0.15) is 5.10 Å². The number of hydrogen-bond acceptors (Lipinski definition) is 6. The van der Waals surface area contributed by atoms with E-state index in [-0.39, 0.29) is 18.1 Å². The van der Waals surface area contributed by atoms with Crippen molar-refractivity contribution >= 4 is 40.5 Å². The van der Waals surface area contributed by atoms with Crippen molar-refractivity contribution < 1.29 is 23.8 Å². The van der Waals surface area contributed by atoms with Gasteiger partial charge in [-0.25, -0.2) is 10.2 Å². The van der Waals surface area contributed by atoms with Gasteiger partial charge >= 0.3 is 5.97 Å². The van der Waals surface area contributed by atoms with Crippen molar-refractivity contribution in [3.8, 4) is 17.2 Å². The van der Waals surface area contributed by atoms with Crippen LogP contribution in [0.25, 0.3) is 10.8 Å². The van der Waals surface area contributed by atoms with Crippen molar-refractivity contribution in [1.29, 1.82) is 0 Å². The molecule has 0 bridgehead atoms. The highest BCUT2D eigenvalue weighted by molar-refractivity contribution is 6.33. The number of esters is 1. The fraction of sp³-hybridized carbons (Fsp3) is 0.0385. The van der Waals surface area contributed by atoms with Crippen molar-refractivity contribution in [2.75, 3.05) is 6.79 Å². The Hall–Kier alpha value is -4.36. The number of carbonyl (C=O) groups excluding carboxylic acids is 2. The summed E-state index contributed by atoms with van der Waals surface area (Å²) in [6.45, 7) is 0.120. The largest absolute Gasteiger partial charge is 0.454 e. The first-order chi connectivity index (χ1) is 16.6. The molecule has 1 heterocycles.